The lowest BCUT2D eigenvalue weighted by atomic mass is 9.92. The van der Waals surface area contributed by atoms with Crippen molar-refractivity contribution >= 4 is 5.91 Å². The van der Waals surface area contributed by atoms with Crippen molar-refractivity contribution in [2.45, 2.75) is 62.9 Å². The number of carbonyl (C=O) groups excluding carboxylic acids is 1. The van der Waals surface area contributed by atoms with E-state index in [9.17, 15) is 4.79 Å². The summed E-state index contributed by atoms with van der Waals surface area (Å²) in [7, 11) is 1.70. The second-order valence-electron chi connectivity index (χ2n) is 7.73. The summed E-state index contributed by atoms with van der Waals surface area (Å²) in [5.74, 6) is 1.11. The fourth-order valence-electron chi connectivity index (χ4n) is 4.61. The number of rotatable bonds is 4. The van der Waals surface area contributed by atoms with Gasteiger partial charge < -0.3 is 10.1 Å². The zero-order chi connectivity index (χ0) is 16.7. The van der Waals surface area contributed by atoms with E-state index in [-0.39, 0.29) is 11.3 Å². The zero-order valence-electron chi connectivity index (χ0n) is 14.8. The van der Waals surface area contributed by atoms with Crippen molar-refractivity contribution in [3.8, 4) is 5.75 Å². The van der Waals surface area contributed by atoms with Gasteiger partial charge in [-0.3, -0.25) is 9.69 Å². The minimum Gasteiger partial charge on any atom is -0.496 e. The third-order valence-electron chi connectivity index (χ3n) is 6.32. The van der Waals surface area contributed by atoms with E-state index in [1.807, 2.05) is 6.92 Å². The molecule has 0 bridgehead atoms. The van der Waals surface area contributed by atoms with E-state index in [1.54, 1.807) is 7.11 Å². The smallest absolute Gasteiger partial charge is 0.230 e. The lowest BCUT2D eigenvalue weighted by molar-refractivity contribution is -0.124. The maximum atomic E-state index is 13.1. The van der Waals surface area contributed by atoms with Crippen molar-refractivity contribution in [1.82, 2.24) is 10.2 Å². The molecule has 2 aliphatic heterocycles. The van der Waals surface area contributed by atoms with Gasteiger partial charge in [0.25, 0.3) is 0 Å². The van der Waals surface area contributed by atoms with Crippen molar-refractivity contribution in [3.05, 3.63) is 29.3 Å². The highest BCUT2D eigenvalue weighted by Gasteiger charge is 2.52. The third kappa shape index (κ3) is 2.61. The second kappa shape index (κ2) is 6.07. The first-order valence-corrected chi connectivity index (χ1v) is 9.34. The normalized spacial score (nSPS) is 28.2. The molecule has 1 aromatic rings. The van der Waals surface area contributed by atoms with Crippen LogP contribution in [0.3, 0.4) is 0 Å². The van der Waals surface area contributed by atoms with Crippen LogP contribution in [0.4, 0.5) is 0 Å². The first-order valence-electron chi connectivity index (χ1n) is 9.34. The maximum Gasteiger partial charge on any atom is 0.230 e. The SMILES string of the molecule is COc1cc(C2(C(=O)N[C@@H]3CCN4CCCC[C@@H]34)CC2)ccc1C. The van der Waals surface area contributed by atoms with Crippen molar-refractivity contribution in [2.24, 2.45) is 0 Å². The van der Waals surface area contributed by atoms with Gasteiger partial charge in [0.2, 0.25) is 5.91 Å². The molecular weight excluding hydrogens is 300 g/mol. The Balaban J connectivity index is 1.50. The van der Waals surface area contributed by atoms with Gasteiger partial charge in [0.15, 0.2) is 0 Å². The molecule has 4 heteroatoms. The number of amides is 1. The Bertz CT molecular complexity index is 639. The molecule has 2 atom stereocenters. The van der Waals surface area contributed by atoms with Crippen LogP contribution in [-0.2, 0) is 10.2 Å². The highest BCUT2D eigenvalue weighted by Crippen LogP contribution is 2.49. The summed E-state index contributed by atoms with van der Waals surface area (Å²) in [6.45, 7) is 4.39. The van der Waals surface area contributed by atoms with Crippen molar-refractivity contribution in [2.75, 3.05) is 20.2 Å². The summed E-state index contributed by atoms with van der Waals surface area (Å²) < 4.78 is 5.45. The zero-order valence-corrected chi connectivity index (χ0v) is 14.8. The van der Waals surface area contributed by atoms with Gasteiger partial charge in [0, 0.05) is 18.6 Å². The van der Waals surface area contributed by atoms with E-state index in [0.29, 0.717) is 12.1 Å². The van der Waals surface area contributed by atoms with Crippen LogP contribution in [-0.4, -0.2) is 43.1 Å². The quantitative estimate of drug-likeness (QED) is 0.924. The topological polar surface area (TPSA) is 41.6 Å². The van der Waals surface area contributed by atoms with Gasteiger partial charge in [-0.25, -0.2) is 0 Å². The Morgan fingerprint density at radius 1 is 1.25 bits per heavy atom. The van der Waals surface area contributed by atoms with Crippen LogP contribution in [0.25, 0.3) is 0 Å². The van der Waals surface area contributed by atoms with Crippen molar-refractivity contribution in [3.63, 3.8) is 0 Å². The Morgan fingerprint density at radius 2 is 2.08 bits per heavy atom. The second-order valence-corrected chi connectivity index (χ2v) is 7.73. The number of hydrogen-bond donors (Lipinski definition) is 1. The number of benzene rings is 1. The van der Waals surface area contributed by atoms with Gasteiger partial charge in [0.05, 0.1) is 12.5 Å². The molecule has 1 amide bonds. The first kappa shape index (κ1) is 15.9. The molecule has 0 unspecified atom stereocenters. The molecule has 130 valence electrons. The summed E-state index contributed by atoms with van der Waals surface area (Å²) in [4.78, 5) is 15.6. The molecule has 4 rings (SSSR count). The van der Waals surface area contributed by atoms with Crippen LogP contribution >= 0.6 is 0 Å². The van der Waals surface area contributed by atoms with Crippen LogP contribution < -0.4 is 10.1 Å². The Labute approximate surface area is 144 Å². The molecule has 2 heterocycles. The fraction of sp³-hybridized carbons (Fsp3) is 0.650. The predicted octanol–water partition coefficient (Wildman–Crippen LogP) is 2.78. The molecule has 1 saturated carbocycles. The summed E-state index contributed by atoms with van der Waals surface area (Å²) in [5.41, 5.74) is 1.91. The molecule has 3 fully saturated rings. The Kier molecular flexibility index (Phi) is 4.03. The fourth-order valence-corrected chi connectivity index (χ4v) is 4.61. The molecule has 1 aromatic carbocycles. The number of methoxy groups -OCH3 is 1. The molecule has 4 nitrogen and oxygen atoms in total. The summed E-state index contributed by atoms with van der Waals surface area (Å²) in [5, 5.41) is 3.41. The highest BCUT2D eigenvalue weighted by molar-refractivity contribution is 5.91. The van der Waals surface area contributed by atoms with E-state index in [0.717, 1.165) is 42.7 Å². The first-order chi connectivity index (χ1) is 11.6. The van der Waals surface area contributed by atoms with E-state index >= 15 is 0 Å². The van der Waals surface area contributed by atoms with Gasteiger partial charge >= 0.3 is 0 Å². The molecule has 0 spiro atoms. The van der Waals surface area contributed by atoms with Crippen LogP contribution in [0.2, 0.25) is 0 Å². The third-order valence-corrected chi connectivity index (χ3v) is 6.32. The van der Waals surface area contributed by atoms with Crippen molar-refractivity contribution in [1.29, 1.82) is 0 Å². The van der Waals surface area contributed by atoms with Crippen LogP contribution in [0, 0.1) is 6.92 Å². The molecular formula is C20H28N2O2. The van der Waals surface area contributed by atoms with Crippen LogP contribution in [0.15, 0.2) is 18.2 Å². The molecule has 1 aliphatic carbocycles. The lowest BCUT2D eigenvalue weighted by Crippen LogP contribution is -2.49. The number of piperidine rings is 1. The number of ether oxygens (including phenoxy) is 1. The van der Waals surface area contributed by atoms with Gasteiger partial charge in [-0.2, -0.15) is 0 Å². The van der Waals surface area contributed by atoms with E-state index in [1.165, 1.54) is 25.8 Å². The summed E-state index contributed by atoms with van der Waals surface area (Å²) >= 11 is 0. The summed E-state index contributed by atoms with van der Waals surface area (Å²) in [6.07, 6.45) is 6.84. The van der Waals surface area contributed by atoms with E-state index in [4.69, 9.17) is 4.74 Å². The minimum atomic E-state index is -0.316. The number of aryl methyl sites for hydroxylation is 1. The number of fused-ring (bicyclic) bond motifs is 1. The molecule has 1 N–H and O–H groups in total. The molecule has 2 saturated heterocycles. The molecule has 24 heavy (non-hydrogen) atoms. The lowest BCUT2D eigenvalue weighted by Gasteiger charge is -2.33. The largest absolute Gasteiger partial charge is 0.496 e. The van der Waals surface area contributed by atoms with Gasteiger partial charge in [0.1, 0.15) is 5.75 Å². The predicted molar refractivity (Wildman–Crippen MR) is 94.4 cm³/mol. The van der Waals surface area contributed by atoms with E-state index < -0.39 is 0 Å². The minimum absolute atomic E-state index is 0.228. The molecule has 0 aromatic heterocycles. The van der Waals surface area contributed by atoms with Gasteiger partial charge in [-0.1, -0.05) is 18.6 Å². The number of carbonyl (C=O) groups is 1. The molecule has 0 radical (unpaired) electrons. The standard InChI is InChI=1S/C20H28N2O2/c1-14-6-7-15(13-18(14)24-2)20(9-10-20)19(23)21-16-8-12-22-11-4-3-5-17(16)22/h6-7,13,16-17H,3-5,8-12H2,1-2H3,(H,21,23)/t16-,17+/m1/s1. The average Bonchev–Trinajstić information content (AvgIpc) is 3.32. The average molecular weight is 328 g/mol. The van der Waals surface area contributed by atoms with Crippen LogP contribution in [0.5, 0.6) is 5.75 Å². The van der Waals surface area contributed by atoms with E-state index in [2.05, 4.69) is 28.4 Å². The maximum absolute atomic E-state index is 13.1. The summed E-state index contributed by atoms with van der Waals surface area (Å²) in [6, 6.07) is 7.13. The van der Waals surface area contributed by atoms with Crippen LogP contribution in [0.1, 0.15) is 49.7 Å². The van der Waals surface area contributed by atoms with Gasteiger partial charge in [-0.15, -0.1) is 0 Å². The Hall–Kier alpha value is -1.55. The molecule has 3 aliphatic rings. The van der Waals surface area contributed by atoms with Gasteiger partial charge in [-0.05, 0) is 62.8 Å². The monoisotopic (exact) mass is 328 g/mol. The number of hydrogen-bond acceptors (Lipinski definition) is 3. The number of nitrogens with zero attached hydrogens (tertiary/aromatic N) is 1. The van der Waals surface area contributed by atoms with Crippen molar-refractivity contribution < 1.29 is 9.53 Å². The highest BCUT2D eigenvalue weighted by atomic mass is 16.5. The Morgan fingerprint density at radius 3 is 2.83 bits per heavy atom. The number of nitrogens with one attached hydrogen (secondary N) is 1.